The van der Waals surface area contributed by atoms with E-state index in [9.17, 15) is 0 Å². The molecule has 3 rings (SSSR count). The van der Waals surface area contributed by atoms with Crippen LogP contribution in [0.5, 0.6) is 11.5 Å². The summed E-state index contributed by atoms with van der Waals surface area (Å²) in [4.78, 5) is 14.0. The Balaban J connectivity index is 1.54. The van der Waals surface area contributed by atoms with Gasteiger partial charge in [0.1, 0.15) is 17.3 Å². The van der Waals surface area contributed by atoms with Crippen molar-refractivity contribution in [2.24, 2.45) is 0 Å². The highest BCUT2D eigenvalue weighted by Crippen LogP contribution is 2.29. The van der Waals surface area contributed by atoms with Gasteiger partial charge in [-0.3, -0.25) is 0 Å². The van der Waals surface area contributed by atoms with Gasteiger partial charge < -0.3 is 30.3 Å². The van der Waals surface area contributed by atoms with E-state index in [0.717, 1.165) is 80.4 Å². The van der Waals surface area contributed by atoms with Crippen molar-refractivity contribution in [1.29, 1.82) is 0 Å². The number of rotatable bonds is 13. The Morgan fingerprint density at radius 1 is 1.09 bits per heavy atom. The minimum atomic E-state index is 0.511. The zero-order valence-corrected chi connectivity index (χ0v) is 21.4. The molecule has 0 amide bonds. The summed E-state index contributed by atoms with van der Waals surface area (Å²) in [5, 5.41) is 3.28. The average Bonchev–Trinajstić information content (AvgIpc) is 2.83. The fraction of sp³-hybridized carbons (Fsp3) is 0.615. The molecule has 0 saturated carbocycles. The fourth-order valence-electron chi connectivity index (χ4n) is 4.19. The number of ether oxygens (including phenoxy) is 2. The first-order valence-electron chi connectivity index (χ1n) is 12.6. The number of benzene rings is 1. The van der Waals surface area contributed by atoms with Crippen LogP contribution in [-0.2, 0) is 6.42 Å². The third-order valence-corrected chi connectivity index (χ3v) is 6.42. The van der Waals surface area contributed by atoms with Crippen LogP contribution in [0.2, 0.25) is 0 Å². The Hall–Kier alpha value is -2.58. The number of nitrogen functional groups attached to an aromatic ring is 1. The summed E-state index contributed by atoms with van der Waals surface area (Å²) in [5.41, 5.74) is 9.16. The highest BCUT2D eigenvalue weighted by Gasteiger charge is 2.15. The monoisotopic (exact) mass is 470 g/mol. The van der Waals surface area contributed by atoms with Gasteiger partial charge >= 0.3 is 0 Å². The summed E-state index contributed by atoms with van der Waals surface area (Å²) in [5.74, 6) is 2.72. The second kappa shape index (κ2) is 13.3. The van der Waals surface area contributed by atoms with Crippen molar-refractivity contribution < 1.29 is 9.47 Å². The molecule has 0 unspecified atom stereocenters. The number of aromatic nitrogens is 2. The van der Waals surface area contributed by atoms with Crippen LogP contribution in [-0.4, -0.2) is 79.8 Å². The molecule has 1 aromatic carbocycles. The Morgan fingerprint density at radius 3 is 2.59 bits per heavy atom. The number of methoxy groups -OCH3 is 1. The lowest BCUT2D eigenvalue weighted by atomic mass is 10.0. The topological polar surface area (TPSA) is 88.8 Å². The molecule has 8 nitrogen and oxygen atoms in total. The Morgan fingerprint density at radius 2 is 1.88 bits per heavy atom. The highest BCUT2D eigenvalue weighted by atomic mass is 16.5. The van der Waals surface area contributed by atoms with Gasteiger partial charge in [-0.05, 0) is 38.4 Å². The van der Waals surface area contributed by atoms with Gasteiger partial charge in [-0.2, -0.15) is 4.98 Å². The van der Waals surface area contributed by atoms with Crippen molar-refractivity contribution in [3.63, 3.8) is 0 Å². The quantitative estimate of drug-likeness (QED) is 0.430. The molecule has 2 heterocycles. The van der Waals surface area contributed by atoms with E-state index in [-0.39, 0.29) is 0 Å². The summed E-state index contributed by atoms with van der Waals surface area (Å²) in [7, 11) is 3.87. The minimum Gasteiger partial charge on any atom is -0.496 e. The lowest BCUT2D eigenvalue weighted by Gasteiger charge is -2.32. The standard InChI is InChI=1S/C26H42N6O2/c1-5-6-7-11-28-26-29-20(2)23(25(27)30-26)18-21-9-10-22(19-24(21)33-4)34-17-8-12-32-15-13-31(3)14-16-32/h9-10,19H,5-8,11-18H2,1-4H3,(H3,27,28,29,30). The van der Waals surface area contributed by atoms with Crippen LogP contribution in [0.4, 0.5) is 11.8 Å². The first-order valence-corrected chi connectivity index (χ1v) is 12.6. The molecule has 3 N–H and O–H groups in total. The number of anilines is 2. The maximum Gasteiger partial charge on any atom is 0.224 e. The zero-order valence-electron chi connectivity index (χ0n) is 21.4. The van der Waals surface area contributed by atoms with Crippen LogP contribution in [0.25, 0.3) is 0 Å². The Kier molecular flexibility index (Phi) is 10.2. The molecule has 1 aliphatic heterocycles. The van der Waals surface area contributed by atoms with Crippen molar-refractivity contribution in [1.82, 2.24) is 19.8 Å². The summed E-state index contributed by atoms with van der Waals surface area (Å²) in [6, 6.07) is 6.01. The van der Waals surface area contributed by atoms with Gasteiger partial charge in [0.2, 0.25) is 5.95 Å². The molecule has 0 radical (unpaired) electrons. The molecular formula is C26H42N6O2. The number of nitrogens with zero attached hydrogens (tertiary/aromatic N) is 4. The smallest absolute Gasteiger partial charge is 0.224 e. The van der Waals surface area contributed by atoms with Crippen LogP contribution in [0.1, 0.15) is 49.4 Å². The van der Waals surface area contributed by atoms with Gasteiger partial charge in [0, 0.05) is 63.0 Å². The normalized spacial score (nSPS) is 14.8. The van der Waals surface area contributed by atoms with Crippen molar-refractivity contribution >= 4 is 11.8 Å². The molecule has 0 aliphatic carbocycles. The van der Waals surface area contributed by atoms with E-state index in [1.807, 2.05) is 25.1 Å². The van der Waals surface area contributed by atoms with E-state index in [0.29, 0.717) is 24.8 Å². The SMILES string of the molecule is CCCCCNc1nc(C)c(Cc2ccc(OCCCN3CCN(C)CC3)cc2OC)c(N)n1. The van der Waals surface area contributed by atoms with Crippen LogP contribution >= 0.6 is 0 Å². The predicted octanol–water partition coefficient (Wildman–Crippen LogP) is 3.59. The van der Waals surface area contributed by atoms with Crippen LogP contribution in [0.3, 0.4) is 0 Å². The molecule has 0 atom stereocenters. The largest absolute Gasteiger partial charge is 0.496 e. The number of nitrogens with two attached hydrogens (primary N) is 1. The van der Waals surface area contributed by atoms with E-state index < -0.39 is 0 Å². The van der Waals surface area contributed by atoms with E-state index in [1.54, 1.807) is 7.11 Å². The van der Waals surface area contributed by atoms with Crippen molar-refractivity contribution in [3.8, 4) is 11.5 Å². The van der Waals surface area contributed by atoms with Gasteiger partial charge in [-0.25, -0.2) is 4.98 Å². The first-order chi connectivity index (χ1) is 16.5. The Bertz CT molecular complexity index is 876. The molecule has 8 heteroatoms. The second-order valence-electron chi connectivity index (χ2n) is 9.13. The van der Waals surface area contributed by atoms with Crippen LogP contribution in [0.15, 0.2) is 18.2 Å². The van der Waals surface area contributed by atoms with E-state index in [2.05, 4.69) is 39.1 Å². The number of hydrogen-bond donors (Lipinski definition) is 2. The van der Waals surface area contributed by atoms with Crippen molar-refractivity contribution in [3.05, 3.63) is 35.0 Å². The highest BCUT2D eigenvalue weighted by molar-refractivity contribution is 5.51. The maximum atomic E-state index is 6.31. The van der Waals surface area contributed by atoms with Gasteiger partial charge in [0.05, 0.1) is 13.7 Å². The van der Waals surface area contributed by atoms with E-state index in [4.69, 9.17) is 15.2 Å². The number of aryl methyl sites for hydroxylation is 1. The van der Waals surface area contributed by atoms with Crippen molar-refractivity contribution in [2.45, 2.75) is 46.0 Å². The zero-order chi connectivity index (χ0) is 24.3. The summed E-state index contributed by atoms with van der Waals surface area (Å²) < 4.78 is 11.7. The lowest BCUT2D eigenvalue weighted by molar-refractivity contribution is 0.145. The minimum absolute atomic E-state index is 0.511. The Labute approximate surface area is 204 Å². The van der Waals surface area contributed by atoms with Gasteiger partial charge in [-0.1, -0.05) is 25.8 Å². The lowest BCUT2D eigenvalue weighted by Crippen LogP contribution is -2.44. The number of likely N-dealkylation sites (N-methyl/N-ethyl adjacent to an activating group) is 1. The molecule has 1 aromatic heterocycles. The third-order valence-electron chi connectivity index (χ3n) is 6.42. The third kappa shape index (κ3) is 7.74. The van der Waals surface area contributed by atoms with E-state index >= 15 is 0 Å². The number of unbranched alkanes of at least 4 members (excludes halogenated alkanes) is 2. The molecule has 1 aliphatic rings. The maximum absolute atomic E-state index is 6.31. The molecule has 1 fully saturated rings. The molecule has 2 aromatic rings. The van der Waals surface area contributed by atoms with E-state index in [1.165, 1.54) is 12.8 Å². The second-order valence-corrected chi connectivity index (χ2v) is 9.13. The molecular weight excluding hydrogens is 428 g/mol. The first kappa shape index (κ1) is 26.0. The summed E-state index contributed by atoms with van der Waals surface area (Å²) >= 11 is 0. The molecule has 1 saturated heterocycles. The number of piperazine rings is 1. The number of hydrogen-bond acceptors (Lipinski definition) is 8. The summed E-state index contributed by atoms with van der Waals surface area (Å²) in [6.45, 7) is 11.4. The van der Waals surface area contributed by atoms with Crippen LogP contribution < -0.4 is 20.5 Å². The summed E-state index contributed by atoms with van der Waals surface area (Å²) in [6.07, 6.45) is 5.10. The van der Waals surface area contributed by atoms with Crippen molar-refractivity contribution in [2.75, 3.05) is 71.1 Å². The molecule has 34 heavy (non-hydrogen) atoms. The van der Waals surface area contributed by atoms with Crippen LogP contribution in [0, 0.1) is 6.92 Å². The van der Waals surface area contributed by atoms with Gasteiger partial charge in [0.25, 0.3) is 0 Å². The molecule has 0 bridgehead atoms. The van der Waals surface area contributed by atoms with Gasteiger partial charge in [-0.15, -0.1) is 0 Å². The average molecular weight is 471 g/mol. The number of nitrogens with one attached hydrogen (secondary N) is 1. The predicted molar refractivity (Wildman–Crippen MR) is 139 cm³/mol. The fourth-order valence-corrected chi connectivity index (χ4v) is 4.19. The molecule has 0 spiro atoms. The van der Waals surface area contributed by atoms with Gasteiger partial charge in [0.15, 0.2) is 0 Å². The molecule has 188 valence electrons.